The number of nitrogens with zero attached hydrogens (tertiary/aromatic N) is 2. The molecule has 7 heteroatoms. The topological polar surface area (TPSA) is 75.5 Å². The summed E-state index contributed by atoms with van der Waals surface area (Å²) in [6, 6.07) is 5.26. The number of hydrogen-bond acceptors (Lipinski definition) is 4. The summed E-state index contributed by atoms with van der Waals surface area (Å²) < 4.78 is 0.472. The summed E-state index contributed by atoms with van der Waals surface area (Å²) in [6.07, 6.45) is 1.70. The van der Waals surface area contributed by atoms with Gasteiger partial charge in [0.05, 0.1) is 9.40 Å². The molecule has 1 amide bonds. The van der Waals surface area contributed by atoms with Crippen molar-refractivity contribution >= 4 is 33.2 Å². The van der Waals surface area contributed by atoms with Crippen LogP contribution >= 0.6 is 15.9 Å². The molecular formula is C13H16BrN3O3. The molecule has 6 nitrogen and oxygen atoms in total. The third kappa shape index (κ3) is 3.47. The standard InChI is InChI=1S/C13H16BrN3O3/c1-9(18)16-6-4-10(5-7-16)15-11-2-3-12(14)13(8-11)17(19)20/h2-3,8,10,15H,4-7H2,1H3. The van der Waals surface area contributed by atoms with Crippen LogP contribution in [0.25, 0.3) is 0 Å². The van der Waals surface area contributed by atoms with Gasteiger partial charge in [0.2, 0.25) is 5.91 Å². The van der Waals surface area contributed by atoms with Gasteiger partial charge in [0, 0.05) is 37.8 Å². The molecule has 0 radical (unpaired) electrons. The Bertz CT molecular complexity index is 528. The number of nitro benzene ring substituents is 1. The average Bonchev–Trinajstić information content (AvgIpc) is 2.41. The van der Waals surface area contributed by atoms with E-state index in [1.54, 1.807) is 13.0 Å². The minimum Gasteiger partial charge on any atom is -0.382 e. The highest BCUT2D eigenvalue weighted by Gasteiger charge is 2.21. The second-order valence-corrected chi connectivity index (χ2v) is 5.70. The van der Waals surface area contributed by atoms with Crippen LogP contribution < -0.4 is 5.32 Å². The summed E-state index contributed by atoms with van der Waals surface area (Å²) in [4.78, 5) is 23.5. The lowest BCUT2D eigenvalue weighted by Gasteiger charge is -2.32. The van der Waals surface area contributed by atoms with Gasteiger partial charge in [-0.05, 0) is 40.9 Å². The first kappa shape index (κ1) is 14.8. The Morgan fingerprint density at radius 1 is 1.45 bits per heavy atom. The van der Waals surface area contributed by atoms with Crippen molar-refractivity contribution in [2.45, 2.75) is 25.8 Å². The van der Waals surface area contributed by atoms with E-state index in [1.165, 1.54) is 6.07 Å². The van der Waals surface area contributed by atoms with E-state index in [2.05, 4.69) is 21.2 Å². The molecule has 0 saturated carbocycles. The molecule has 0 bridgehead atoms. The van der Waals surface area contributed by atoms with E-state index < -0.39 is 4.92 Å². The van der Waals surface area contributed by atoms with Crippen molar-refractivity contribution in [3.63, 3.8) is 0 Å². The van der Waals surface area contributed by atoms with E-state index in [9.17, 15) is 14.9 Å². The van der Waals surface area contributed by atoms with Crippen molar-refractivity contribution < 1.29 is 9.72 Å². The van der Waals surface area contributed by atoms with Crippen LogP contribution in [0, 0.1) is 10.1 Å². The van der Waals surface area contributed by atoms with Gasteiger partial charge in [-0.3, -0.25) is 14.9 Å². The highest BCUT2D eigenvalue weighted by atomic mass is 79.9. The molecule has 0 spiro atoms. The highest BCUT2D eigenvalue weighted by Crippen LogP contribution is 2.28. The fourth-order valence-corrected chi connectivity index (χ4v) is 2.71. The number of hydrogen-bond donors (Lipinski definition) is 1. The predicted octanol–water partition coefficient (Wildman–Crippen LogP) is 2.78. The summed E-state index contributed by atoms with van der Waals surface area (Å²) in [5.41, 5.74) is 0.789. The van der Waals surface area contributed by atoms with Crippen LogP contribution in [-0.4, -0.2) is 34.9 Å². The molecule has 108 valence electrons. The Labute approximate surface area is 125 Å². The number of anilines is 1. The second kappa shape index (κ2) is 6.21. The van der Waals surface area contributed by atoms with E-state index in [1.807, 2.05) is 11.0 Å². The monoisotopic (exact) mass is 341 g/mol. The van der Waals surface area contributed by atoms with Crippen molar-refractivity contribution in [3.8, 4) is 0 Å². The van der Waals surface area contributed by atoms with Gasteiger partial charge < -0.3 is 10.2 Å². The van der Waals surface area contributed by atoms with E-state index in [4.69, 9.17) is 0 Å². The fourth-order valence-electron chi connectivity index (χ4n) is 2.32. The van der Waals surface area contributed by atoms with Gasteiger partial charge >= 0.3 is 0 Å². The molecule has 0 aliphatic carbocycles. The first-order valence-corrected chi connectivity index (χ1v) is 7.22. The van der Waals surface area contributed by atoms with E-state index in [0.717, 1.165) is 31.6 Å². The molecule has 1 aliphatic heterocycles. The van der Waals surface area contributed by atoms with Crippen LogP contribution in [0.15, 0.2) is 22.7 Å². The minimum absolute atomic E-state index is 0.0520. The molecule has 1 heterocycles. The lowest BCUT2D eigenvalue weighted by atomic mass is 10.0. The van der Waals surface area contributed by atoms with Crippen LogP contribution in [0.3, 0.4) is 0 Å². The Morgan fingerprint density at radius 2 is 2.10 bits per heavy atom. The zero-order valence-corrected chi connectivity index (χ0v) is 12.7. The zero-order chi connectivity index (χ0) is 14.7. The van der Waals surface area contributed by atoms with Gasteiger partial charge in [0.15, 0.2) is 0 Å². The lowest BCUT2D eigenvalue weighted by molar-refractivity contribution is -0.385. The third-order valence-electron chi connectivity index (χ3n) is 3.45. The Morgan fingerprint density at radius 3 is 2.65 bits per heavy atom. The minimum atomic E-state index is -0.409. The van der Waals surface area contributed by atoms with Gasteiger partial charge in [0.1, 0.15) is 0 Å². The van der Waals surface area contributed by atoms with Crippen LogP contribution in [-0.2, 0) is 4.79 Å². The largest absolute Gasteiger partial charge is 0.382 e. The number of carbonyl (C=O) groups excluding carboxylic acids is 1. The molecule has 1 aromatic rings. The van der Waals surface area contributed by atoms with Crippen LogP contribution in [0.1, 0.15) is 19.8 Å². The Hall–Kier alpha value is -1.63. The molecule has 1 fully saturated rings. The quantitative estimate of drug-likeness (QED) is 0.677. The van der Waals surface area contributed by atoms with Crippen molar-refractivity contribution in [2.24, 2.45) is 0 Å². The molecule has 1 aliphatic rings. The molecule has 0 unspecified atom stereocenters. The molecule has 0 atom stereocenters. The number of piperidine rings is 1. The summed E-state index contributed by atoms with van der Waals surface area (Å²) in [5, 5.41) is 14.2. The number of carbonyl (C=O) groups is 1. The van der Waals surface area contributed by atoms with Gasteiger partial charge in [-0.1, -0.05) is 0 Å². The first-order chi connectivity index (χ1) is 9.47. The number of nitrogens with one attached hydrogen (secondary N) is 1. The maximum absolute atomic E-state index is 11.2. The lowest BCUT2D eigenvalue weighted by Crippen LogP contribution is -2.41. The SMILES string of the molecule is CC(=O)N1CCC(Nc2ccc(Br)c([N+](=O)[O-])c2)CC1. The average molecular weight is 342 g/mol. The maximum Gasteiger partial charge on any atom is 0.285 e. The highest BCUT2D eigenvalue weighted by molar-refractivity contribution is 9.10. The molecule has 1 N–H and O–H groups in total. The smallest absolute Gasteiger partial charge is 0.285 e. The summed E-state index contributed by atoms with van der Waals surface area (Å²) in [6.45, 7) is 3.03. The molecule has 2 rings (SSSR count). The Kier molecular flexibility index (Phi) is 4.59. The molecule has 1 aromatic carbocycles. The summed E-state index contributed by atoms with van der Waals surface area (Å²) in [7, 11) is 0. The van der Waals surface area contributed by atoms with E-state index in [0.29, 0.717) is 4.47 Å². The van der Waals surface area contributed by atoms with Gasteiger partial charge in [-0.2, -0.15) is 0 Å². The predicted molar refractivity (Wildman–Crippen MR) is 79.7 cm³/mol. The third-order valence-corrected chi connectivity index (χ3v) is 4.12. The maximum atomic E-state index is 11.2. The number of amides is 1. The van der Waals surface area contributed by atoms with Crippen LogP contribution in [0.2, 0.25) is 0 Å². The summed E-state index contributed by atoms with van der Waals surface area (Å²) in [5.74, 6) is 0.0997. The van der Waals surface area contributed by atoms with Crippen LogP contribution in [0.4, 0.5) is 11.4 Å². The number of halogens is 1. The fraction of sp³-hybridized carbons (Fsp3) is 0.462. The molecule has 20 heavy (non-hydrogen) atoms. The number of likely N-dealkylation sites (tertiary alicyclic amines) is 1. The van der Waals surface area contributed by atoms with Gasteiger partial charge in [-0.25, -0.2) is 0 Å². The van der Waals surface area contributed by atoms with E-state index >= 15 is 0 Å². The van der Waals surface area contributed by atoms with Crippen molar-refractivity contribution in [1.82, 2.24) is 4.90 Å². The number of rotatable bonds is 3. The molecular weight excluding hydrogens is 326 g/mol. The molecule has 1 saturated heterocycles. The number of benzene rings is 1. The van der Waals surface area contributed by atoms with Crippen molar-refractivity contribution in [1.29, 1.82) is 0 Å². The van der Waals surface area contributed by atoms with Gasteiger partial charge in [0.25, 0.3) is 5.69 Å². The summed E-state index contributed by atoms with van der Waals surface area (Å²) >= 11 is 3.17. The van der Waals surface area contributed by atoms with E-state index in [-0.39, 0.29) is 17.6 Å². The van der Waals surface area contributed by atoms with Crippen molar-refractivity contribution in [2.75, 3.05) is 18.4 Å². The molecule has 0 aromatic heterocycles. The Balaban J connectivity index is 1.99. The first-order valence-electron chi connectivity index (χ1n) is 6.43. The van der Waals surface area contributed by atoms with Crippen LogP contribution in [0.5, 0.6) is 0 Å². The zero-order valence-electron chi connectivity index (χ0n) is 11.1. The van der Waals surface area contributed by atoms with Crippen molar-refractivity contribution in [3.05, 3.63) is 32.8 Å². The normalized spacial score (nSPS) is 16.0. The number of nitro groups is 1. The van der Waals surface area contributed by atoms with Gasteiger partial charge in [-0.15, -0.1) is 0 Å². The second-order valence-electron chi connectivity index (χ2n) is 4.85.